The Hall–Kier alpha value is -1.79. The van der Waals surface area contributed by atoms with E-state index in [0.717, 1.165) is 57.3 Å². The molecule has 6 heteroatoms. The third-order valence-corrected chi connectivity index (χ3v) is 4.84. The van der Waals surface area contributed by atoms with Gasteiger partial charge < -0.3 is 20.3 Å². The maximum absolute atomic E-state index is 5.79. The Labute approximate surface area is 178 Å². The number of aliphatic imine (C=N–C) groups is 1. The minimum absolute atomic E-state index is 0.576. The van der Waals surface area contributed by atoms with Gasteiger partial charge in [-0.25, -0.2) is 0 Å². The van der Waals surface area contributed by atoms with E-state index >= 15 is 0 Å². The lowest BCUT2D eigenvalue weighted by Gasteiger charge is -2.30. The van der Waals surface area contributed by atoms with Crippen LogP contribution in [0.15, 0.2) is 29.3 Å². The van der Waals surface area contributed by atoms with Crippen molar-refractivity contribution < 1.29 is 4.74 Å². The zero-order valence-electron chi connectivity index (χ0n) is 19.7. The fourth-order valence-corrected chi connectivity index (χ4v) is 3.26. The van der Waals surface area contributed by atoms with E-state index in [0.29, 0.717) is 12.1 Å². The van der Waals surface area contributed by atoms with Crippen LogP contribution in [0.25, 0.3) is 0 Å². The Balaban J connectivity index is 2.30. The van der Waals surface area contributed by atoms with Crippen LogP contribution in [0.1, 0.15) is 46.1 Å². The van der Waals surface area contributed by atoms with Crippen molar-refractivity contribution in [3.63, 3.8) is 0 Å². The summed E-state index contributed by atoms with van der Waals surface area (Å²) in [6, 6.07) is 9.43. The van der Waals surface area contributed by atoms with E-state index in [1.165, 1.54) is 5.56 Å². The second-order valence-electron chi connectivity index (χ2n) is 8.28. The molecule has 166 valence electrons. The first-order valence-electron chi connectivity index (χ1n) is 10.9. The van der Waals surface area contributed by atoms with Gasteiger partial charge in [0.15, 0.2) is 5.96 Å². The summed E-state index contributed by atoms with van der Waals surface area (Å²) in [5.41, 5.74) is 1.21. The number of ether oxygens (including phenoxy) is 1. The lowest BCUT2D eigenvalue weighted by Crippen LogP contribution is -2.41. The van der Waals surface area contributed by atoms with Crippen molar-refractivity contribution in [2.75, 3.05) is 47.4 Å². The van der Waals surface area contributed by atoms with E-state index in [-0.39, 0.29) is 0 Å². The average molecular weight is 406 g/mol. The van der Waals surface area contributed by atoms with E-state index in [2.05, 4.69) is 79.3 Å². The Bertz CT molecular complexity index is 561. The highest BCUT2D eigenvalue weighted by Crippen LogP contribution is 2.12. The Morgan fingerprint density at radius 3 is 2.17 bits per heavy atom. The first-order valence-corrected chi connectivity index (χ1v) is 10.9. The quantitative estimate of drug-likeness (QED) is 0.300. The highest BCUT2D eigenvalue weighted by molar-refractivity contribution is 5.79. The van der Waals surface area contributed by atoms with Crippen molar-refractivity contribution in [3.05, 3.63) is 29.8 Å². The molecule has 1 aromatic carbocycles. The number of hydrogen-bond acceptors (Lipinski definition) is 4. The van der Waals surface area contributed by atoms with Crippen LogP contribution in [0.5, 0.6) is 5.75 Å². The largest absolute Gasteiger partial charge is 0.494 e. The molecule has 0 amide bonds. The first-order chi connectivity index (χ1) is 13.8. The second kappa shape index (κ2) is 14.2. The summed E-state index contributed by atoms with van der Waals surface area (Å²) >= 11 is 0. The first kappa shape index (κ1) is 25.2. The van der Waals surface area contributed by atoms with E-state index in [1.54, 1.807) is 0 Å². The van der Waals surface area contributed by atoms with Crippen molar-refractivity contribution in [2.24, 2.45) is 4.99 Å². The Kier molecular flexibility index (Phi) is 12.4. The maximum atomic E-state index is 5.79. The molecule has 0 fully saturated rings. The summed E-state index contributed by atoms with van der Waals surface area (Å²) < 4.78 is 5.79. The maximum Gasteiger partial charge on any atom is 0.191 e. The molecule has 0 bridgehead atoms. The van der Waals surface area contributed by atoms with Crippen molar-refractivity contribution >= 4 is 5.96 Å². The van der Waals surface area contributed by atoms with Crippen molar-refractivity contribution in [1.82, 2.24) is 20.4 Å². The van der Waals surface area contributed by atoms with Gasteiger partial charge in [-0.15, -0.1) is 0 Å². The van der Waals surface area contributed by atoms with Crippen molar-refractivity contribution in [2.45, 2.75) is 59.2 Å². The van der Waals surface area contributed by atoms with Crippen LogP contribution < -0.4 is 15.4 Å². The monoisotopic (exact) mass is 405 g/mol. The third-order valence-electron chi connectivity index (χ3n) is 4.84. The topological polar surface area (TPSA) is 52.1 Å². The van der Waals surface area contributed by atoms with E-state index in [4.69, 9.17) is 4.74 Å². The molecule has 0 aliphatic rings. The summed E-state index contributed by atoms with van der Waals surface area (Å²) in [5.74, 6) is 1.77. The average Bonchev–Trinajstić information content (AvgIpc) is 2.67. The van der Waals surface area contributed by atoms with Gasteiger partial charge in [-0.3, -0.25) is 9.89 Å². The summed E-state index contributed by atoms with van der Waals surface area (Å²) in [4.78, 5) is 9.01. The molecule has 0 aliphatic carbocycles. The lowest BCUT2D eigenvalue weighted by atomic mass is 10.2. The van der Waals surface area contributed by atoms with Gasteiger partial charge in [-0.1, -0.05) is 12.1 Å². The minimum Gasteiger partial charge on any atom is -0.494 e. The highest BCUT2D eigenvalue weighted by Gasteiger charge is 2.12. The third kappa shape index (κ3) is 11.1. The number of guanidine groups is 1. The molecule has 0 radical (unpaired) electrons. The molecule has 29 heavy (non-hydrogen) atoms. The summed E-state index contributed by atoms with van der Waals surface area (Å²) in [6.07, 6.45) is 2.13. The molecule has 1 aromatic rings. The molecule has 0 aliphatic heterocycles. The predicted molar refractivity (Wildman–Crippen MR) is 125 cm³/mol. The van der Waals surface area contributed by atoms with Gasteiger partial charge in [-0.2, -0.15) is 0 Å². The Morgan fingerprint density at radius 1 is 0.966 bits per heavy atom. The van der Waals surface area contributed by atoms with E-state index < -0.39 is 0 Å². The summed E-state index contributed by atoms with van der Waals surface area (Å²) in [6.45, 7) is 13.6. The van der Waals surface area contributed by atoms with Gasteiger partial charge in [-0.05, 0) is 72.3 Å². The molecule has 0 unspecified atom stereocenters. The molecule has 0 heterocycles. The molecule has 0 spiro atoms. The highest BCUT2D eigenvalue weighted by atomic mass is 16.5. The molecule has 0 atom stereocenters. The van der Waals surface area contributed by atoms with Gasteiger partial charge >= 0.3 is 0 Å². The molecule has 0 aromatic heterocycles. The molecule has 1 rings (SSSR count). The van der Waals surface area contributed by atoms with Crippen LogP contribution in [-0.2, 0) is 6.54 Å². The van der Waals surface area contributed by atoms with E-state index in [9.17, 15) is 0 Å². The Morgan fingerprint density at radius 2 is 1.62 bits per heavy atom. The zero-order chi connectivity index (χ0) is 21.6. The molecular weight excluding hydrogens is 362 g/mol. The molecule has 2 N–H and O–H groups in total. The van der Waals surface area contributed by atoms with Crippen molar-refractivity contribution in [3.8, 4) is 5.75 Å². The zero-order valence-corrected chi connectivity index (χ0v) is 19.7. The SMILES string of the molecule is CN=C(NCCCN(C(C)C)C(C)C)NCc1ccc(OCCCN(C)C)cc1. The number of nitrogens with one attached hydrogen (secondary N) is 2. The van der Waals surface area contributed by atoms with Gasteiger partial charge in [0.25, 0.3) is 0 Å². The number of benzene rings is 1. The number of rotatable bonds is 13. The van der Waals surface area contributed by atoms with E-state index in [1.807, 2.05) is 19.2 Å². The van der Waals surface area contributed by atoms with Gasteiger partial charge in [0.2, 0.25) is 0 Å². The molecule has 0 saturated heterocycles. The standard InChI is InChI=1S/C23H43N5O/c1-19(2)28(20(3)4)16-8-14-25-23(24-5)26-18-21-10-12-22(13-11-21)29-17-9-15-27(6)7/h10-13,19-20H,8-9,14-18H2,1-7H3,(H2,24,25,26). The van der Waals surface area contributed by atoms with Crippen LogP contribution in [0.2, 0.25) is 0 Å². The van der Waals surface area contributed by atoms with Gasteiger partial charge in [0.1, 0.15) is 5.75 Å². The van der Waals surface area contributed by atoms with Crippen LogP contribution in [0.3, 0.4) is 0 Å². The van der Waals surface area contributed by atoms with Crippen LogP contribution in [0, 0.1) is 0 Å². The van der Waals surface area contributed by atoms with Crippen LogP contribution in [-0.4, -0.2) is 75.2 Å². The minimum atomic E-state index is 0.576. The molecule has 0 saturated carbocycles. The fourth-order valence-electron chi connectivity index (χ4n) is 3.26. The van der Waals surface area contributed by atoms with Crippen LogP contribution in [0.4, 0.5) is 0 Å². The number of nitrogens with zero attached hydrogens (tertiary/aromatic N) is 3. The molecular formula is C23H43N5O. The predicted octanol–water partition coefficient (Wildman–Crippen LogP) is 3.19. The fraction of sp³-hybridized carbons (Fsp3) is 0.696. The number of hydrogen-bond donors (Lipinski definition) is 2. The van der Waals surface area contributed by atoms with Crippen LogP contribution >= 0.6 is 0 Å². The second-order valence-corrected chi connectivity index (χ2v) is 8.28. The van der Waals surface area contributed by atoms with Gasteiger partial charge in [0, 0.05) is 45.3 Å². The van der Waals surface area contributed by atoms with Gasteiger partial charge in [0.05, 0.1) is 6.61 Å². The van der Waals surface area contributed by atoms with Crippen molar-refractivity contribution in [1.29, 1.82) is 0 Å². The summed E-state index contributed by atoms with van der Waals surface area (Å²) in [7, 11) is 5.97. The molecule has 6 nitrogen and oxygen atoms in total. The summed E-state index contributed by atoms with van der Waals surface area (Å²) in [5, 5.41) is 6.79. The lowest BCUT2D eigenvalue weighted by molar-refractivity contribution is 0.173. The smallest absolute Gasteiger partial charge is 0.191 e. The normalized spacial score (nSPS) is 12.3.